The summed E-state index contributed by atoms with van der Waals surface area (Å²) in [4.78, 5) is 15.4. The molecule has 0 saturated heterocycles. The molecule has 0 aliphatic heterocycles. The van der Waals surface area contributed by atoms with Crippen LogP contribution in [0.5, 0.6) is 11.5 Å². The van der Waals surface area contributed by atoms with Crippen molar-refractivity contribution in [3.63, 3.8) is 0 Å². The molecule has 142 valence electrons. The number of carboxylic acids is 1. The smallest absolute Gasteiger partial charge is 0.335 e. The van der Waals surface area contributed by atoms with Gasteiger partial charge in [0, 0.05) is 9.78 Å². The summed E-state index contributed by atoms with van der Waals surface area (Å²) in [5.74, 6) is 0.265. The van der Waals surface area contributed by atoms with E-state index in [0.717, 1.165) is 20.4 Å². The molecule has 3 rings (SSSR count). The summed E-state index contributed by atoms with van der Waals surface area (Å²) in [6, 6.07) is 20.1. The number of carbonyl (C=O) groups is 1. The summed E-state index contributed by atoms with van der Waals surface area (Å²) in [6.45, 7) is 0.311. The van der Waals surface area contributed by atoms with Gasteiger partial charge in [0.05, 0.1) is 18.4 Å². The second-order valence-corrected chi connectivity index (χ2v) is 7.07. The average molecular weight is 487 g/mol. The van der Waals surface area contributed by atoms with E-state index in [1.807, 2.05) is 42.5 Å². The number of carboxylic acid groups (broad SMARTS) is 1. The summed E-state index contributed by atoms with van der Waals surface area (Å²) >= 11 is 2.25. The van der Waals surface area contributed by atoms with Crippen molar-refractivity contribution >= 4 is 40.5 Å². The zero-order chi connectivity index (χ0) is 19.9. The molecule has 0 heterocycles. The van der Waals surface area contributed by atoms with E-state index < -0.39 is 5.97 Å². The normalized spacial score (nSPS) is 10.8. The highest BCUT2D eigenvalue weighted by molar-refractivity contribution is 14.1. The highest BCUT2D eigenvalue weighted by Gasteiger charge is 2.07. The van der Waals surface area contributed by atoms with Gasteiger partial charge in [-0.1, -0.05) is 24.3 Å². The molecule has 0 unspecified atom stereocenters. The fourth-order valence-electron chi connectivity index (χ4n) is 2.49. The maximum Gasteiger partial charge on any atom is 0.335 e. The van der Waals surface area contributed by atoms with E-state index in [2.05, 4.69) is 27.6 Å². The molecule has 3 aromatic carbocycles. The van der Waals surface area contributed by atoms with Gasteiger partial charge in [-0.25, -0.2) is 4.79 Å². The molecule has 3 aromatic rings. The van der Waals surface area contributed by atoms with Crippen LogP contribution in [0.15, 0.2) is 71.7 Å². The predicted molar refractivity (Wildman–Crippen MR) is 117 cm³/mol. The lowest BCUT2D eigenvalue weighted by Crippen LogP contribution is -2.00. The number of aromatic carboxylic acids is 1. The molecule has 0 amide bonds. The Labute approximate surface area is 176 Å². The number of ether oxygens (including phenoxy) is 2. The standard InChI is InChI=1S/C22H18INO4/c1-27-21-12-16(13-24-19-5-3-2-4-18(19)23)8-11-20(21)28-14-15-6-9-17(10-7-15)22(25)26/h2-13H,14H2,1H3,(H,25,26). The zero-order valence-corrected chi connectivity index (χ0v) is 17.3. The predicted octanol–water partition coefficient (Wildman–Crippen LogP) is 5.33. The number of nitrogens with zero attached hydrogens (tertiary/aromatic N) is 1. The molecule has 5 nitrogen and oxygen atoms in total. The van der Waals surface area contributed by atoms with E-state index in [1.54, 1.807) is 37.6 Å². The van der Waals surface area contributed by atoms with Crippen molar-refractivity contribution in [2.45, 2.75) is 6.61 Å². The van der Waals surface area contributed by atoms with Crippen LogP contribution in [0.4, 0.5) is 5.69 Å². The van der Waals surface area contributed by atoms with E-state index in [1.165, 1.54) is 0 Å². The van der Waals surface area contributed by atoms with Gasteiger partial charge in [0.15, 0.2) is 11.5 Å². The Balaban J connectivity index is 1.70. The average Bonchev–Trinajstić information content (AvgIpc) is 2.72. The van der Waals surface area contributed by atoms with Crippen molar-refractivity contribution in [1.82, 2.24) is 0 Å². The minimum absolute atomic E-state index is 0.248. The van der Waals surface area contributed by atoms with Crippen LogP contribution >= 0.6 is 22.6 Å². The summed E-state index contributed by atoms with van der Waals surface area (Å²) in [6.07, 6.45) is 1.79. The Kier molecular flexibility index (Phi) is 6.65. The highest BCUT2D eigenvalue weighted by Crippen LogP contribution is 2.29. The van der Waals surface area contributed by atoms with Crippen LogP contribution in [0.2, 0.25) is 0 Å². The van der Waals surface area contributed by atoms with Gasteiger partial charge in [0.25, 0.3) is 0 Å². The summed E-state index contributed by atoms with van der Waals surface area (Å²) in [5, 5.41) is 8.95. The molecule has 0 atom stereocenters. The number of methoxy groups -OCH3 is 1. The lowest BCUT2D eigenvalue weighted by Gasteiger charge is -2.11. The maximum absolute atomic E-state index is 10.9. The van der Waals surface area contributed by atoms with Gasteiger partial charge in [-0.2, -0.15) is 0 Å². The molecule has 1 N–H and O–H groups in total. The fraction of sp³-hybridized carbons (Fsp3) is 0.0909. The Bertz CT molecular complexity index is 1000. The summed E-state index contributed by atoms with van der Waals surface area (Å²) < 4.78 is 12.3. The molecular weight excluding hydrogens is 469 g/mol. The Morgan fingerprint density at radius 1 is 1.07 bits per heavy atom. The number of halogens is 1. The van der Waals surface area contributed by atoms with E-state index in [9.17, 15) is 4.79 Å². The van der Waals surface area contributed by atoms with Crippen molar-refractivity contribution in [2.75, 3.05) is 7.11 Å². The first-order valence-electron chi connectivity index (χ1n) is 8.48. The first-order valence-corrected chi connectivity index (χ1v) is 9.56. The van der Waals surface area contributed by atoms with Crippen molar-refractivity contribution in [3.05, 3.63) is 87.0 Å². The second-order valence-electron chi connectivity index (χ2n) is 5.91. The molecule has 0 aromatic heterocycles. The molecule has 0 saturated carbocycles. The van der Waals surface area contributed by atoms with Crippen LogP contribution in [0.3, 0.4) is 0 Å². The highest BCUT2D eigenvalue weighted by atomic mass is 127. The largest absolute Gasteiger partial charge is 0.493 e. The van der Waals surface area contributed by atoms with Gasteiger partial charge in [-0.05, 0) is 76.2 Å². The minimum atomic E-state index is -0.948. The topological polar surface area (TPSA) is 68.1 Å². The third-order valence-electron chi connectivity index (χ3n) is 3.99. The minimum Gasteiger partial charge on any atom is -0.493 e. The SMILES string of the molecule is COc1cc(C=Nc2ccccc2I)ccc1OCc1ccc(C(=O)O)cc1. The van der Waals surface area contributed by atoms with Crippen LogP contribution in [0.25, 0.3) is 0 Å². The van der Waals surface area contributed by atoms with Crippen LogP contribution in [0, 0.1) is 3.57 Å². The van der Waals surface area contributed by atoms with E-state index in [-0.39, 0.29) is 5.56 Å². The maximum atomic E-state index is 10.9. The third-order valence-corrected chi connectivity index (χ3v) is 4.90. The number of hydrogen-bond acceptors (Lipinski definition) is 4. The number of aliphatic imine (C=N–C) groups is 1. The van der Waals surface area contributed by atoms with Crippen LogP contribution in [0.1, 0.15) is 21.5 Å². The van der Waals surface area contributed by atoms with Gasteiger partial charge >= 0.3 is 5.97 Å². The van der Waals surface area contributed by atoms with Crippen molar-refractivity contribution in [3.8, 4) is 11.5 Å². The van der Waals surface area contributed by atoms with Crippen molar-refractivity contribution < 1.29 is 19.4 Å². The van der Waals surface area contributed by atoms with Crippen LogP contribution < -0.4 is 9.47 Å². The number of para-hydroxylation sites is 1. The fourth-order valence-corrected chi connectivity index (χ4v) is 3.02. The van der Waals surface area contributed by atoms with E-state index >= 15 is 0 Å². The zero-order valence-electron chi connectivity index (χ0n) is 15.1. The van der Waals surface area contributed by atoms with E-state index in [4.69, 9.17) is 14.6 Å². The van der Waals surface area contributed by atoms with E-state index in [0.29, 0.717) is 18.1 Å². The molecule has 0 aliphatic carbocycles. The summed E-state index contributed by atoms with van der Waals surface area (Å²) in [5.41, 5.74) is 2.93. The Hall–Kier alpha value is -2.87. The van der Waals surface area contributed by atoms with Gasteiger partial charge in [0.1, 0.15) is 6.61 Å². The lowest BCUT2D eigenvalue weighted by atomic mass is 10.1. The van der Waals surface area contributed by atoms with Crippen molar-refractivity contribution in [1.29, 1.82) is 0 Å². The lowest BCUT2D eigenvalue weighted by molar-refractivity contribution is 0.0697. The molecule has 0 aliphatic rings. The second kappa shape index (κ2) is 9.36. The van der Waals surface area contributed by atoms with Gasteiger partial charge in [-0.3, -0.25) is 4.99 Å². The summed E-state index contributed by atoms with van der Waals surface area (Å²) in [7, 11) is 1.59. The number of hydrogen-bond donors (Lipinski definition) is 1. The molecular formula is C22H18INO4. The first-order chi connectivity index (χ1) is 13.6. The van der Waals surface area contributed by atoms with Crippen molar-refractivity contribution in [2.24, 2.45) is 4.99 Å². The first kappa shape index (κ1) is 19.9. The molecule has 0 fully saturated rings. The molecule has 6 heteroatoms. The number of benzene rings is 3. The Morgan fingerprint density at radius 2 is 1.82 bits per heavy atom. The molecule has 0 bridgehead atoms. The quantitative estimate of drug-likeness (QED) is 0.362. The number of rotatable bonds is 7. The third kappa shape index (κ3) is 5.10. The van der Waals surface area contributed by atoms with Crippen LogP contribution in [-0.4, -0.2) is 24.4 Å². The molecule has 28 heavy (non-hydrogen) atoms. The molecule has 0 radical (unpaired) electrons. The van der Waals surface area contributed by atoms with Gasteiger partial charge in [0.2, 0.25) is 0 Å². The molecule has 0 spiro atoms. The van der Waals surface area contributed by atoms with Crippen LogP contribution in [-0.2, 0) is 6.61 Å². The Morgan fingerprint density at radius 3 is 2.50 bits per heavy atom. The van der Waals surface area contributed by atoms with Gasteiger partial charge < -0.3 is 14.6 Å². The van der Waals surface area contributed by atoms with Gasteiger partial charge in [-0.15, -0.1) is 0 Å². The monoisotopic (exact) mass is 487 g/mol.